The Morgan fingerprint density at radius 3 is 2.78 bits per heavy atom. The van der Waals surface area contributed by atoms with Crippen LogP contribution < -0.4 is 5.32 Å². The molecule has 18 heavy (non-hydrogen) atoms. The van der Waals surface area contributed by atoms with Crippen LogP contribution in [-0.4, -0.2) is 47.3 Å². The van der Waals surface area contributed by atoms with E-state index in [2.05, 4.69) is 10.4 Å². The number of nitrogens with zero attached hydrogens (tertiary/aromatic N) is 3. The molecule has 0 spiro atoms. The van der Waals surface area contributed by atoms with Crippen LogP contribution in [0.1, 0.15) is 28.9 Å². The normalized spacial score (nSPS) is 16.8. The first-order chi connectivity index (χ1) is 8.58. The number of aromatic nitrogens is 2. The fraction of sp³-hybridized carbons (Fsp3) is 0.692. The molecule has 2 rings (SSSR count). The molecule has 1 fully saturated rings. The van der Waals surface area contributed by atoms with Crippen molar-refractivity contribution in [2.24, 2.45) is 13.0 Å². The summed E-state index contributed by atoms with van der Waals surface area (Å²) in [6.07, 6.45) is 4.11. The summed E-state index contributed by atoms with van der Waals surface area (Å²) >= 11 is 0. The molecule has 1 saturated heterocycles. The van der Waals surface area contributed by atoms with E-state index in [9.17, 15) is 4.79 Å². The number of nitrogens with one attached hydrogen (secondary N) is 1. The van der Waals surface area contributed by atoms with Crippen LogP contribution in [0.4, 0.5) is 0 Å². The van der Waals surface area contributed by atoms with Gasteiger partial charge in [-0.05, 0) is 38.8 Å². The van der Waals surface area contributed by atoms with E-state index in [4.69, 9.17) is 0 Å². The van der Waals surface area contributed by atoms with Gasteiger partial charge in [-0.25, -0.2) is 0 Å². The predicted octanol–water partition coefficient (Wildman–Crippen LogP) is 0.800. The lowest BCUT2D eigenvalue weighted by molar-refractivity contribution is 0.0762. The molecule has 1 aromatic heterocycles. The van der Waals surface area contributed by atoms with Gasteiger partial charge in [0.15, 0.2) is 0 Å². The molecule has 0 atom stereocenters. The number of amides is 1. The minimum Gasteiger partial charge on any atom is -0.341 e. The first kappa shape index (κ1) is 13.1. The summed E-state index contributed by atoms with van der Waals surface area (Å²) in [5.41, 5.74) is 1.52. The van der Waals surface area contributed by atoms with Crippen molar-refractivity contribution in [3.63, 3.8) is 0 Å². The number of carbonyl (C=O) groups excluding carboxylic acids is 1. The summed E-state index contributed by atoms with van der Waals surface area (Å²) in [5.74, 6) is 0.705. The number of hydrogen-bond donors (Lipinski definition) is 1. The van der Waals surface area contributed by atoms with Crippen molar-refractivity contribution in [3.8, 4) is 0 Å². The first-order valence-corrected chi connectivity index (χ1v) is 6.54. The third kappa shape index (κ3) is 2.90. The molecule has 1 N–H and O–H groups in total. The van der Waals surface area contributed by atoms with Crippen LogP contribution in [0.25, 0.3) is 0 Å². The molecule has 0 aromatic carbocycles. The molecule has 0 radical (unpaired) electrons. The van der Waals surface area contributed by atoms with Crippen LogP contribution >= 0.6 is 0 Å². The lowest BCUT2D eigenvalue weighted by Crippen LogP contribution is -2.37. The summed E-state index contributed by atoms with van der Waals surface area (Å²) in [5, 5.41) is 7.57. The highest BCUT2D eigenvalue weighted by atomic mass is 16.2. The quantitative estimate of drug-likeness (QED) is 0.863. The zero-order valence-electron chi connectivity index (χ0n) is 11.4. The van der Waals surface area contributed by atoms with E-state index < -0.39 is 0 Å². The maximum Gasteiger partial charge on any atom is 0.257 e. The zero-order valence-corrected chi connectivity index (χ0v) is 11.4. The van der Waals surface area contributed by atoms with Gasteiger partial charge < -0.3 is 10.2 Å². The van der Waals surface area contributed by atoms with Gasteiger partial charge >= 0.3 is 0 Å². The SMILES string of the molecule is Cc1nn(C)cc1C(=O)N(C)CC1CCNCC1. The Labute approximate surface area is 108 Å². The minimum atomic E-state index is 0.0825. The van der Waals surface area contributed by atoms with Crippen LogP contribution in [-0.2, 0) is 7.05 Å². The van der Waals surface area contributed by atoms with Gasteiger partial charge in [-0.1, -0.05) is 0 Å². The Bertz CT molecular complexity index is 421. The van der Waals surface area contributed by atoms with E-state index >= 15 is 0 Å². The van der Waals surface area contributed by atoms with Crippen molar-refractivity contribution in [2.45, 2.75) is 19.8 Å². The fourth-order valence-electron chi connectivity index (χ4n) is 2.55. The van der Waals surface area contributed by atoms with Crippen LogP contribution in [0.5, 0.6) is 0 Å². The maximum absolute atomic E-state index is 12.3. The van der Waals surface area contributed by atoms with Gasteiger partial charge in [0.05, 0.1) is 11.3 Å². The highest BCUT2D eigenvalue weighted by molar-refractivity contribution is 5.94. The van der Waals surface area contributed by atoms with E-state index in [1.165, 1.54) is 0 Å². The Morgan fingerprint density at radius 1 is 1.56 bits per heavy atom. The molecule has 1 amide bonds. The zero-order chi connectivity index (χ0) is 13.1. The van der Waals surface area contributed by atoms with Gasteiger partial charge in [0.1, 0.15) is 0 Å². The Hall–Kier alpha value is -1.36. The third-order valence-electron chi connectivity index (χ3n) is 3.58. The maximum atomic E-state index is 12.3. The molecule has 1 aliphatic heterocycles. The lowest BCUT2D eigenvalue weighted by atomic mass is 9.97. The first-order valence-electron chi connectivity index (χ1n) is 6.54. The molecule has 1 aromatic rings. The molecule has 100 valence electrons. The Balaban J connectivity index is 1.97. The highest BCUT2D eigenvalue weighted by Gasteiger charge is 2.21. The van der Waals surface area contributed by atoms with Gasteiger partial charge in [0, 0.05) is 26.8 Å². The van der Waals surface area contributed by atoms with Crippen molar-refractivity contribution in [3.05, 3.63) is 17.5 Å². The number of carbonyl (C=O) groups is 1. The second-order valence-corrected chi connectivity index (χ2v) is 5.18. The van der Waals surface area contributed by atoms with E-state index in [0.29, 0.717) is 11.5 Å². The molecule has 0 bridgehead atoms. The van der Waals surface area contributed by atoms with E-state index in [1.807, 2.05) is 25.9 Å². The second kappa shape index (κ2) is 5.52. The molecule has 5 heteroatoms. The predicted molar refractivity (Wildman–Crippen MR) is 70.5 cm³/mol. The summed E-state index contributed by atoms with van der Waals surface area (Å²) in [6.45, 7) is 4.86. The molecular formula is C13H22N4O. The molecule has 0 saturated carbocycles. The molecule has 2 heterocycles. The van der Waals surface area contributed by atoms with Crippen LogP contribution in [0, 0.1) is 12.8 Å². The molecule has 1 aliphatic rings. The van der Waals surface area contributed by atoms with E-state index in [1.54, 1.807) is 10.9 Å². The largest absolute Gasteiger partial charge is 0.341 e. The number of piperidine rings is 1. The summed E-state index contributed by atoms with van der Waals surface area (Å²) in [7, 11) is 3.73. The summed E-state index contributed by atoms with van der Waals surface area (Å²) < 4.78 is 1.70. The van der Waals surface area contributed by atoms with Gasteiger partial charge in [-0.2, -0.15) is 5.10 Å². The molecule has 0 unspecified atom stereocenters. The van der Waals surface area contributed by atoms with Gasteiger partial charge in [0.2, 0.25) is 0 Å². The van der Waals surface area contributed by atoms with E-state index in [-0.39, 0.29) is 5.91 Å². The average Bonchev–Trinajstić information content (AvgIpc) is 2.68. The summed E-state index contributed by atoms with van der Waals surface area (Å²) in [6, 6.07) is 0. The minimum absolute atomic E-state index is 0.0825. The highest BCUT2D eigenvalue weighted by Crippen LogP contribution is 2.15. The smallest absolute Gasteiger partial charge is 0.257 e. The van der Waals surface area contributed by atoms with Gasteiger partial charge in [-0.3, -0.25) is 9.48 Å². The van der Waals surface area contributed by atoms with Crippen molar-refractivity contribution < 1.29 is 4.79 Å². The Kier molecular flexibility index (Phi) is 4.01. The Morgan fingerprint density at radius 2 is 2.22 bits per heavy atom. The van der Waals surface area contributed by atoms with Crippen LogP contribution in [0.3, 0.4) is 0 Å². The van der Waals surface area contributed by atoms with Crippen molar-refractivity contribution in [2.75, 3.05) is 26.7 Å². The average molecular weight is 250 g/mol. The standard InChI is InChI=1S/C13H22N4O/c1-10-12(9-17(3)15-10)13(18)16(2)8-11-4-6-14-7-5-11/h9,11,14H,4-8H2,1-3H3. The van der Waals surface area contributed by atoms with Crippen LogP contribution in [0.15, 0.2) is 6.20 Å². The number of aryl methyl sites for hydroxylation is 2. The van der Waals surface area contributed by atoms with Crippen molar-refractivity contribution in [1.82, 2.24) is 20.0 Å². The fourth-order valence-corrected chi connectivity index (χ4v) is 2.55. The van der Waals surface area contributed by atoms with Gasteiger partial charge in [-0.15, -0.1) is 0 Å². The summed E-state index contributed by atoms with van der Waals surface area (Å²) in [4.78, 5) is 14.1. The number of rotatable bonds is 3. The topological polar surface area (TPSA) is 50.2 Å². The molecule has 0 aliphatic carbocycles. The van der Waals surface area contributed by atoms with E-state index in [0.717, 1.165) is 38.2 Å². The number of hydrogen-bond acceptors (Lipinski definition) is 3. The monoisotopic (exact) mass is 250 g/mol. The second-order valence-electron chi connectivity index (χ2n) is 5.18. The molecular weight excluding hydrogens is 228 g/mol. The molecule has 5 nitrogen and oxygen atoms in total. The lowest BCUT2D eigenvalue weighted by Gasteiger charge is -2.27. The van der Waals surface area contributed by atoms with Gasteiger partial charge in [0.25, 0.3) is 5.91 Å². The van der Waals surface area contributed by atoms with Crippen molar-refractivity contribution >= 4 is 5.91 Å². The van der Waals surface area contributed by atoms with Crippen molar-refractivity contribution in [1.29, 1.82) is 0 Å². The van der Waals surface area contributed by atoms with Crippen LogP contribution in [0.2, 0.25) is 0 Å². The third-order valence-corrected chi connectivity index (χ3v) is 3.58.